The second-order valence-corrected chi connectivity index (χ2v) is 5.25. The van der Waals surface area contributed by atoms with Crippen molar-refractivity contribution in [1.82, 2.24) is 9.97 Å². The molecule has 6 heteroatoms. The van der Waals surface area contributed by atoms with Crippen LogP contribution in [-0.2, 0) is 0 Å². The lowest BCUT2D eigenvalue weighted by Crippen LogP contribution is -2.01. The van der Waals surface area contributed by atoms with Gasteiger partial charge in [-0.1, -0.05) is 29.3 Å². The van der Waals surface area contributed by atoms with E-state index in [1.54, 1.807) is 25.2 Å². The molecule has 0 aliphatic rings. The Morgan fingerprint density at radius 3 is 2.33 bits per heavy atom. The quantitative estimate of drug-likeness (QED) is 0.865. The molecular weight excluding hydrogens is 337 g/mol. The Morgan fingerprint density at radius 2 is 1.78 bits per heavy atom. The smallest absolute Gasteiger partial charge is 0.164 e. The van der Waals surface area contributed by atoms with Gasteiger partial charge in [0.2, 0.25) is 0 Å². The predicted octanol–water partition coefficient (Wildman–Crippen LogP) is 4.56. The number of rotatable bonds is 2. The number of hydrogen-bond acceptors (Lipinski definition) is 3. The average Bonchev–Trinajstić information content (AvgIpc) is 2.33. The highest BCUT2D eigenvalue weighted by Gasteiger charge is 2.14. The van der Waals surface area contributed by atoms with Crippen LogP contribution in [0.3, 0.4) is 0 Å². The monoisotopic (exact) mass is 345 g/mol. The molecule has 18 heavy (non-hydrogen) atoms. The summed E-state index contributed by atoms with van der Waals surface area (Å²) in [5, 5.41) is 4.07. The van der Waals surface area contributed by atoms with Gasteiger partial charge < -0.3 is 5.32 Å². The summed E-state index contributed by atoms with van der Waals surface area (Å²) in [6.45, 7) is 1.89. The molecule has 0 spiro atoms. The summed E-state index contributed by atoms with van der Waals surface area (Å²) in [7, 11) is 1.80. The highest BCUT2D eigenvalue weighted by molar-refractivity contribution is 9.10. The molecular formula is C12H10BrCl2N3. The maximum Gasteiger partial charge on any atom is 0.164 e. The first-order valence-electron chi connectivity index (χ1n) is 5.21. The van der Waals surface area contributed by atoms with E-state index in [9.17, 15) is 0 Å². The van der Waals surface area contributed by atoms with Gasteiger partial charge in [0.15, 0.2) is 5.82 Å². The van der Waals surface area contributed by atoms with Crippen molar-refractivity contribution in [1.29, 1.82) is 0 Å². The molecule has 0 fully saturated rings. The molecule has 0 radical (unpaired) electrons. The van der Waals surface area contributed by atoms with Gasteiger partial charge in [-0.15, -0.1) is 0 Å². The number of aromatic nitrogens is 2. The lowest BCUT2D eigenvalue weighted by molar-refractivity contribution is 1.09. The van der Waals surface area contributed by atoms with Crippen molar-refractivity contribution in [2.45, 2.75) is 6.92 Å². The van der Waals surface area contributed by atoms with Gasteiger partial charge in [0.1, 0.15) is 5.82 Å². The molecule has 0 atom stereocenters. The molecule has 94 valence electrons. The summed E-state index contributed by atoms with van der Waals surface area (Å²) in [4.78, 5) is 8.81. The van der Waals surface area contributed by atoms with Gasteiger partial charge in [-0.3, -0.25) is 0 Å². The Bertz CT molecular complexity index is 582. The van der Waals surface area contributed by atoms with Crippen molar-refractivity contribution >= 4 is 44.9 Å². The maximum absolute atomic E-state index is 6.16. The topological polar surface area (TPSA) is 37.8 Å². The van der Waals surface area contributed by atoms with E-state index in [-0.39, 0.29) is 0 Å². The van der Waals surface area contributed by atoms with E-state index in [4.69, 9.17) is 23.2 Å². The molecule has 2 aromatic rings. The molecule has 1 aromatic carbocycles. The number of nitrogens with one attached hydrogen (secondary N) is 1. The Balaban J connectivity index is 2.68. The summed E-state index contributed by atoms with van der Waals surface area (Å²) in [5.41, 5.74) is 1.47. The third-order valence-corrected chi connectivity index (χ3v) is 4.02. The minimum atomic E-state index is 0.510. The highest BCUT2D eigenvalue weighted by Crippen LogP contribution is 2.34. The molecule has 0 unspecified atom stereocenters. The van der Waals surface area contributed by atoms with Crippen LogP contribution in [0.1, 0.15) is 5.69 Å². The van der Waals surface area contributed by atoms with Crippen LogP contribution in [0.15, 0.2) is 22.7 Å². The van der Waals surface area contributed by atoms with E-state index in [1.807, 2.05) is 6.92 Å². The normalized spacial score (nSPS) is 10.5. The standard InChI is InChI=1S/C12H10BrCl2N3/c1-6-10(13)12(16-2)18-11(17-6)9-7(14)4-3-5-8(9)15/h3-5H,1-2H3,(H,16,17,18). The number of hydrogen-bond donors (Lipinski definition) is 1. The fraction of sp³-hybridized carbons (Fsp3) is 0.167. The molecule has 1 heterocycles. The zero-order valence-electron chi connectivity index (χ0n) is 9.76. The third-order valence-electron chi connectivity index (χ3n) is 2.44. The van der Waals surface area contributed by atoms with Crippen LogP contribution in [0.5, 0.6) is 0 Å². The van der Waals surface area contributed by atoms with E-state index in [0.29, 0.717) is 27.3 Å². The molecule has 0 aliphatic heterocycles. The first-order valence-corrected chi connectivity index (χ1v) is 6.75. The second-order valence-electron chi connectivity index (χ2n) is 3.64. The van der Waals surface area contributed by atoms with E-state index < -0.39 is 0 Å². The lowest BCUT2D eigenvalue weighted by atomic mass is 10.2. The molecule has 2 rings (SSSR count). The average molecular weight is 347 g/mol. The summed E-state index contributed by atoms with van der Waals surface area (Å²) < 4.78 is 0.830. The van der Waals surface area contributed by atoms with Crippen LogP contribution in [0.2, 0.25) is 10.0 Å². The SMILES string of the molecule is CNc1nc(-c2c(Cl)cccc2Cl)nc(C)c1Br. The Morgan fingerprint density at radius 1 is 1.17 bits per heavy atom. The molecule has 0 saturated heterocycles. The summed E-state index contributed by atoms with van der Waals surface area (Å²) >= 11 is 15.7. The first-order chi connectivity index (χ1) is 8.54. The van der Waals surface area contributed by atoms with Crippen molar-refractivity contribution in [2.75, 3.05) is 12.4 Å². The first kappa shape index (κ1) is 13.6. The number of halogens is 3. The van der Waals surface area contributed by atoms with Crippen molar-refractivity contribution in [3.05, 3.63) is 38.4 Å². The Kier molecular flexibility index (Phi) is 4.10. The van der Waals surface area contributed by atoms with E-state index in [2.05, 4.69) is 31.2 Å². The number of nitrogens with zero attached hydrogens (tertiary/aromatic N) is 2. The van der Waals surface area contributed by atoms with E-state index in [1.165, 1.54) is 0 Å². The van der Waals surface area contributed by atoms with Crippen molar-refractivity contribution < 1.29 is 0 Å². The van der Waals surface area contributed by atoms with Crippen LogP contribution in [0, 0.1) is 6.92 Å². The van der Waals surface area contributed by atoms with Crippen LogP contribution in [0.4, 0.5) is 5.82 Å². The molecule has 0 aliphatic carbocycles. The van der Waals surface area contributed by atoms with Gasteiger partial charge in [-0.05, 0) is 35.0 Å². The van der Waals surface area contributed by atoms with Crippen LogP contribution in [0.25, 0.3) is 11.4 Å². The molecule has 0 bridgehead atoms. The van der Waals surface area contributed by atoms with Gasteiger partial charge in [0.25, 0.3) is 0 Å². The minimum Gasteiger partial charge on any atom is -0.372 e. The van der Waals surface area contributed by atoms with Crippen molar-refractivity contribution in [3.8, 4) is 11.4 Å². The van der Waals surface area contributed by atoms with Gasteiger partial charge in [-0.25, -0.2) is 9.97 Å². The Labute approximate surface area is 124 Å². The zero-order valence-corrected chi connectivity index (χ0v) is 12.9. The molecule has 0 saturated carbocycles. The molecule has 1 aromatic heterocycles. The predicted molar refractivity (Wildman–Crippen MR) is 79.5 cm³/mol. The molecule has 0 amide bonds. The second kappa shape index (κ2) is 5.43. The summed E-state index contributed by atoms with van der Waals surface area (Å²) in [5.74, 6) is 1.21. The summed E-state index contributed by atoms with van der Waals surface area (Å²) in [6.07, 6.45) is 0. The van der Waals surface area contributed by atoms with Gasteiger partial charge >= 0.3 is 0 Å². The van der Waals surface area contributed by atoms with Crippen LogP contribution < -0.4 is 5.32 Å². The fourth-order valence-corrected chi connectivity index (χ4v) is 2.49. The largest absolute Gasteiger partial charge is 0.372 e. The summed E-state index contributed by atoms with van der Waals surface area (Å²) in [6, 6.07) is 5.32. The van der Waals surface area contributed by atoms with E-state index in [0.717, 1.165) is 10.2 Å². The van der Waals surface area contributed by atoms with Gasteiger partial charge in [0.05, 0.1) is 25.8 Å². The highest BCUT2D eigenvalue weighted by atomic mass is 79.9. The minimum absolute atomic E-state index is 0.510. The van der Waals surface area contributed by atoms with Crippen molar-refractivity contribution in [3.63, 3.8) is 0 Å². The number of benzene rings is 1. The maximum atomic E-state index is 6.16. The van der Waals surface area contributed by atoms with Crippen molar-refractivity contribution in [2.24, 2.45) is 0 Å². The van der Waals surface area contributed by atoms with Crippen LogP contribution in [-0.4, -0.2) is 17.0 Å². The fourth-order valence-electron chi connectivity index (χ4n) is 1.55. The Hall–Kier alpha value is -0.840. The van der Waals surface area contributed by atoms with Gasteiger partial charge in [0, 0.05) is 7.05 Å². The van der Waals surface area contributed by atoms with E-state index >= 15 is 0 Å². The lowest BCUT2D eigenvalue weighted by Gasteiger charge is -2.10. The van der Waals surface area contributed by atoms with Gasteiger partial charge in [-0.2, -0.15) is 0 Å². The number of anilines is 1. The molecule has 3 nitrogen and oxygen atoms in total. The molecule has 1 N–H and O–H groups in total. The zero-order chi connectivity index (χ0) is 13.3. The third kappa shape index (κ3) is 2.46. The van der Waals surface area contributed by atoms with Crippen LogP contribution >= 0.6 is 39.1 Å². The number of aryl methyl sites for hydroxylation is 1.